The van der Waals surface area contributed by atoms with Crippen molar-refractivity contribution in [3.05, 3.63) is 35.4 Å². The largest absolute Gasteiger partial charge is 0.385 e. The second-order valence-electron chi connectivity index (χ2n) is 8.77. The number of hydrogen-bond donors (Lipinski definition) is 3. The predicted molar refractivity (Wildman–Crippen MR) is 141 cm³/mol. The van der Waals surface area contributed by atoms with Crippen LogP contribution in [0.3, 0.4) is 0 Å². The van der Waals surface area contributed by atoms with Gasteiger partial charge in [0.25, 0.3) is 5.91 Å². The van der Waals surface area contributed by atoms with Crippen LogP contribution >= 0.6 is 24.0 Å². The van der Waals surface area contributed by atoms with Crippen molar-refractivity contribution in [3.63, 3.8) is 0 Å². The van der Waals surface area contributed by atoms with Gasteiger partial charge in [0, 0.05) is 45.5 Å². The maximum Gasteiger partial charge on any atom is 0.254 e. The SMILES string of the molecule is CCNC(=NCc1ccc(C(=O)N2CCNC(=O)C2)cc1)NCC1(CCOC)CCCC1.I. The van der Waals surface area contributed by atoms with Gasteiger partial charge in [0.1, 0.15) is 0 Å². The molecule has 3 rings (SSSR count). The number of amides is 2. The molecule has 1 aliphatic carbocycles. The van der Waals surface area contributed by atoms with Gasteiger partial charge in [-0.15, -0.1) is 24.0 Å². The third-order valence-corrected chi connectivity index (χ3v) is 6.42. The van der Waals surface area contributed by atoms with E-state index in [2.05, 4.69) is 22.9 Å². The Hall–Kier alpha value is -1.88. The van der Waals surface area contributed by atoms with Crippen molar-refractivity contribution in [2.45, 2.75) is 45.6 Å². The van der Waals surface area contributed by atoms with E-state index in [1.54, 1.807) is 12.0 Å². The number of rotatable bonds is 9. The van der Waals surface area contributed by atoms with Gasteiger partial charge in [-0.3, -0.25) is 9.59 Å². The minimum absolute atomic E-state index is 0. The second kappa shape index (κ2) is 13.7. The van der Waals surface area contributed by atoms with Gasteiger partial charge in [-0.2, -0.15) is 0 Å². The number of hydrogen-bond acceptors (Lipinski definition) is 4. The Balaban J connectivity index is 0.00000385. The van der Waals surface area contributed by atoms with Crippen molar-refractivity contribution in [2.24, 2.45) is 10.4 Å². The number of ether oxygens (including phenoxy) is 1. The molecular formula is C24H38IN5O3. The van der Waals surface area contributed by atoms with E-state index in [0.29, 0.717) is 30.6 Å². The molecule has 8 nitrogen and oxygen atoms in total. The van der Waals surface area contributed by atoms with Crippen LogP contribution in [0.4, 0.5) is 0 Å². The standard InChI is InChI=1S/C24H37N5O3.HI/c1-3-25-23(28-18-24(12-15-32-2)10-4-5-11-24)27-16-19-6-8-20(9-7-19)22(31)29-14-13-26-21(30)17-29;/h6-9H,3-5,10-18H2,1-2H3,(H,26,30)(H2,25,27,28);1H. The molecule has 2 aliphatic rings. The lowest BCUT2D eigenvalue weighted by Crippen LogP contribution is -2.49. The number of benzene rings is 1. The lowest BCUT2D eigenvalue weighted by molar-refractivity contribution is -0.123. The highest BCUT2D eigenvalue weighted by molar-refractivity contribution is 14.0. The van der Waals surface area contributed by atoms with E-state index >= 15 is 0 Å². The van der Waals surface area contributed by atoms with Crippen LogP contribution in [0.15, 0.2) is 29.3 Å². The van der Waals surface area contributed by atoms with Gasteiger partial charge in [0.2, 0.25) is 5.91 Å². The zero-order chi connectivity index (χ0) is 22.8. The topological polar surface area (TPSA) is 95.1 Å². The molecule has 9 heteroatoms. The number of guanidine groups is 1. The van der Waals surface area contributed by atoms with Gasteiger partial charge in [0.15, 0.2) is 5.96 Å². The minimum Gasteiger partial charge on any atom is -0.385 e. The van der Waals surface area contributed by atoms with Crippen LogP contribution in [0.2, 0.25) is 0 Å². The first-order valence-corrected chi connectivity index (χ1v) is 11.7. The number of carbonyl (C=O) groups excluding carboxylic acids is 2. The molecule has 184 valence electrons. The smallest absolute Gasteiger partial charge is 0.254 e. The highest BCUT2D eigenvalue weighted by Gasteiger charge is 2.33. The Bertz CT molecular complexity index is 794. The van der Waals surface area contributed by atoms with E-state index in [1.165, 1.54) is 25.7 Å². The summed E-state index contributed by atoms with van der Waals surface area (Å²) in [6.07, 6.45) is 6.11. The quantitative estimate of drug-likeness (QED) is 0.241. The first-order chi connectivity index (χ1) is 15.5. The average Bonchev–Trinajstić information content (AvgIpc) is 3.28. The van der Waals surface area contributed by atoms with E-state index in [0.717, 1.165) is 37.6 Å². The van der Waals surface area contributed by atoms with Gasteiger partial charge < -0.3 is 25.6 Å². The van der Waals surface area contributed by atoms with E-state index in [1.807, 2.05) is 24.3 Å². The van der Waals surface area contributed by atoms with Crippen LogP contribution in [0.1, 0.15) is 54.9 Å². The van der Waals surface area contributed by atoms with Crippen LogP contribution in [-0.2, 0) is 16.1 Å². The van der Waals surface area contributed by atoms with Crippen molar-refractivity contribution < 1.29 is 14.3 Å². The fraction of sp³-hybridized carbons (Fsp3) is 0.625. The third-order valence-electron chi connectivity index (χ3n) is 6.42. The van der Waals surface area contributed by atoms with Gasteiger partial charge in [-0.05, 0) is 49.3 Å². The van der Waals surface area contributed by atoms with Gasteiger partial charge in [-0.1, -0.05) is 25.0 Å². The number of nitrogens with one attached hydrogen (secondary N) is 3. The predicted octanol–water partition coefficient (Wildman–Crippen LogP) is 2.53. The van der Waals surface area contributed by atoms with Crippen molar-refractivity contribution in [2.75, 3.05) is 46.4 Å². The summed E-state index contributed by atoms with van der Waals surface area (Å²) in [4.78, 5) is 30.5. The van der Waals surface area contributed by atoms with Crippen LogP contribution in [0.5, 0.6) is 0 Å². The first kappa shape index (κ1) is 27.4. The summed E-state index contributed by atoms with van der Waals surface area (Å²) >= 11 is 0. The van der Waals surface area contributed by atoms with E-state index in [-0.39, 0.29) is 42.3 Å². The van der Waals surface area contributed by atoms with Gasteiger partial charge in [0.05, 0.1) is 13.1 Å². The average molecular weight is 572 g/mol. The summed E-state index contributed by atoms with van der Waals surface area (Å²) in [7, 11) is 1.77. The molecule has 33 heavy (non-hydrogen) atoms. The molecule has 0 radical (unpaired) electrons. The Morgan fingerprint density at radius 2 is 1.94 bits per heavy atom. The highest BCUT2D eigenvalue weighted by atomic mass is 127. The van der Waals surface area contributed by atoms with Crippen molar-refractivity contribution in [1.29, 1.82) is 0 Å². The molecule has 1 heterocycles. The Morgan fingerprint density at radius 1 is 1.21 bits per heavy atom. The Kier molecular flexibility index (Phi) is 11.4. The fourth-order valence-electron chi connectivity index (χ4n) is 4.49. The van der Waals surface area contributed by atoms with E-state index < -0.39 is 0 Å². The Morgan fingerprint density at radius 3 is 2.58 bits per heavy atom. The highest BCUT2D eigenvalue weighted by Crippen LogP contribution is 2.40. The number of piperazine rings is 1. The number of carbonyl (C=O) groups is 2. The third kappa shape index (κ3) is 8.13. The Labute approximate surface area is 214 Å². The van der Waals surface area contributed by atoms with Crippen molar-refractivity contribution in [3.8, 4) is 0 Å². The van der Waals surface area contributed by atoms with Crippen LogP contribution in [0, 0.1) is 5.41 Å². The fourth-order valence-corrected chi connectivity index (χ4v) is 4.49. The van der Waals surface area contributed by atoms with Crippen LogP contribution < -0.4 is 16.0 Å². The number of aliphatic imine (C=N–C) groups is 1. The van der Waals surface area contributed by atoms with E-state index in [4.69, 9.17) is 9.73 Å². The van der Waals surface area contributed by atoms with Crippen LogP contribution in [0.25, 0.3) is 0 Å². The molecule has 0 bridgehead atoms. The molecule has 0 atom stereocenters. The van der Waals surface area contributed by atoms with Gasteiger partial charge >= 0.3 is 0 Å². The summed E-state index contributed by atoms with van der Waals surface area (Å²) in [6.45, 7) is 6.25. The molecule has 1 aliphatic heterocycles. The lowest BCUT2D eigenvalue weighted by Gasteiger charge is -2.30. The summed E-state index contributed by atoms with van der Waals surface area (Å²) in [5, 5.41) is 9.62. The molecule has 2 fully saturated rings. The van der Waals surface area contributed by atoms with Gasteiger partial charge in [-0.25, -0.2) is 4.99 Å². The second-order valence-corrected chi connectivity index (χ2v) is 8.77. The maximum absolute atomic E-state index is 12.6. The monoisotopic (exact) mass is 571 g/mol. The summed E-state index contributed by atoms with van der Waals surface area (Å²) in [6, 6.07) is 7.50. The zero-order valence-electron chi connectivity index (χ0n) is 19.8. The number of halogens is 1. The molecule has 1 aromatic carbocycles. The molecule has 3 N–H and O–H groups in total. The molecule has 0 unspecified atom stereocenters. The summed E-state index contributed by atoms with van der Waals surface area (Å²) in [5.41, 5.74) is 1.92. The maximum atomic E-state index is 12.6. The summed E-state index contributed by atoms with van der Waals surface area (Å²) < 4.78 is 5.34. The number of methoxy groups -OCH3 is 1. The number of nitrogens with zero attached hydrogens (tertiary/aromatic N) is 2. The van der Waals surface area contributed by atoms with Crippen molar-refractivity contribution in [1.82, 2.24) is 20.9 Å². The minimum atomic E-state index is -0.111. The lowest BCUT2D eigenvalue weighted by atomic mass is 9.83. The normalized spacial score (nSPS) is 17.8. The molecule has 2 amide bonds. The zero-order valence-corrected chi connectivity index (χ0v) is 22.2. The molecule has 0 aromatic heterocycles. The van der Waals surface area contributed by atoms with Crippen molar-refractivity contribution >= 4 is 41.8 Å². The molecular weight excluding hydrogens is 533 g/mol. The molecule has 0 spiro atoms. The first-order valence-electron chi connectivity index (χ1n) is 11.7. The molecule has 1 aromatic rings. The van der Waals surface area contributed by atoms with Crippen LogP contribution in [-0.4, -0.2) is 69.1 Å². The summed E-state index contributed by atoms with van der Waals surface area (Å²) in [5.74, 6) is 0.596. The molecule has 1 saturated carbocycles. The van der Waals surface area contributed by atoms with E-state index in [9.17, 15) is 9.59 Å². The molecule has 1 saturated heterocycles.